The molecule has 1 aromatic carbocycles. The highest BCUT2D eigenvalue weighted by molar-refractivity contribution is 5.53. The minimum absolute atomic E-state index is 0.0199. The summed E-state index contributed by atoms with van der Waals surface area (Å²) >= 11 is 0. The maximum absolute atomic E-state index is 14.1. The number of methoxy groups -OCH3 is 3. The molecular formula is C12H17F2NO3. The van der Waals surface area contributed by atoms with Crippen LogP contribution in [0.4, 0.5) is 8.78 Å². The summed E-state index contributed by atoms with van der Waals surface area (Å²) in [5.41, 5.74) is 4.96. The van der Waals surface area contributed by atoms with Crippen LogP contribution in [0.2, 0.25) is 0 Å². The van der Waals surface area contributed by atoms with Crippen molar-refractivity contribution in [2.24, 2.45) is 5.73 Å². The van der Waals surface area contributed by atoms with Crippen molar-refractivity contribution < 1.29 is 23.0 Å². The largest absolute Gasteiger partial charge is 0.496 e. The second-order valence-corrected chi connectivity index (χ2v) is 3.82. The summed E-state index contributed by atoms with van der Waals surface area (Å²) in [4.78, 5) is 0. The number of nitrogens with two attached hydrogens (primary N) is 1. The summed E-state index contributed by atoms with van der Waals surface area (Å²) < 4.78 is 43.1. The van der Waals surface area contributed by atoms with Crippen molar-refractivity contribution in [3.05, 3.63) is 17.7 Å². The van der Waals surface area contributed by atoms with E-state index in [9.17, 15) is 8.78 Å². The topological polar surface area (TPSA) is 53.7 Å². The van der Waals surface area contributed by atoms with Gasteiger partial charge < -0.3 is 19.9 Å². The Hall–Kier alpha value is -1.56. The van der Waals surface area contributed by atoms with E-state index < -0.39 is 12.0 Å². The first-order chi connectivity index (χ1) is 8.38. The van der Waals surface area contributed by atoms with Crippen LogP contribution < -0.4 is 19.9 Å². The molecule has 0 bridgehead atoms. The average Bonchev–Trinajstić information content (AvgIpc) is 2.36. The van der Waals surface area contributed by atoms with Crippen molar-refractivity contribution in [1.29, 1.82) is 0 Å². The maximum atomic E-state index is 14.1. The Kier molecular flexibility index (Phi) is 4.34. The SMILES string of the molecule is COc1cc(OC)c(C(F)(F)C(C)N)c(OC)c1. The molecule has 1 unspecified atom stereocenters. The highest BCUT2D eigenvalue weighted by atomic mass is 19.3. The fourth-order valence-corrected chi connectivity index (χ4v) is 1.56. The molecule has 0 saturated heterocycles. The third-order valence-electron chi connectivity index (χ3n) is 2.62. The van der Waals surface area contributed by atoms with Gasteiger partial charge >= 0.3 is 0 Å². The van der Waals surface area contributed by atoms with Crippen LogP contribution in [0.25, 0.3) is 0 Å². The number of hydrogen-bond acceptors (Lipinski definition) is 4. The molecule has 0 radical (unpaired) electrons. The molecule has 102 valence electrons. The van der Waals surface area contributed by atoms with Gasteiger partial charge in [-0.3, -0.25) is 0 Å². The number of alkyl halides is 2. The lowest BCUT2D eigenvalue weighted by Crippen LogP contribution is -2.36. The van der Waals surface area contributed by atoms with Gasteiger partial charge in [0.1, 0.15) is 22.8 Å². The summed E-state index contributed by atoms with van der Waals surface area (Å²) in [6.45, 7) is 1.23. The molecule has 0 saturated carbocycles. The van der Waals surface area contributed by atoms with Gasteiger partial charge in [0, 0.05) is 12.1 Å². The fraction of sp³-hybridized carbons (Fsp3) is 0.500. The van der Waals surface area contributed by atoms with Crippen LogP contribution in [0.3, 0.4) is 0 Å². The van der Waals surface area contributed by atoms with E-state index in [1.807, 2.05) is 0 Å². The molecule has 0 aliphatic heterocycles. The molecule has 1 aromatic rings. The van der Waals surface area contributed by atoms with Crippen LogP contribution in [0.5, 0.6) is 17.2 Å². The Morgan fingerprint density at radius 3 is 1.78 bits per heavy atom. The standard InChI is InChI=1S/C12H17F2NO3/c1-7(15)12(13,14)11-9(17-3)5-8(16-2)6-10(11)18-4/h5-7H,15H2,1-4H3. The van der Waals surface area contributed by atoms with E-state index in [0.717, 1.165) is 0 Å². The van der Waals surface area contributed by atoms with E-state index in [0.29, 0.717) is 5.75 Å². The molecule has 0 heterocycles. The zero-order valence-corrected chi connectivity index (χ0v) is 10.8. The molecular weight excluding hydrogens is 244 g/mol. The minimum atomic E-state index is -3.26. The van der Waals surface area contributed by atoms with Crippen LogP contribution >= 0.6 is 0 Å². The van der Waals surface area contributed by atoms with Gasteiger partial charge in [0.05, 0.1) is 27.4 Å². The predicted octanol–water partition coefficient (Wildman–Crippen LogP) is 2.15. The Morgan fingerprint density at radius 1 is 1.06 bits per heavy atom. The van der Waals surface area contributed by atoms with Crippen LogP contribution in [-0.4, -0.2) is 27.4 Å². The van der Waals surface area contributed by atoms with E-state index in [4.69, 9.17) is 19.9 Å². The third kappa shape index (κ3) is 2.48. The van der Waals surface area contributed by atoms with Gasteiger partial charge in [-0.25, -0.2) is 0 Å². The summed E-state index contributed by atoms with van der Waals surface area (Å²) in [5, 5.41) is 0. The highest BCUT2D eigenvalue weighted by Crippen LogP contribution is 2.45. The molecule has 1 rings (SSSR count). The third-order valence-corrected chi connectivity index (χ3v) is 2.62. The quantitative estimate of drug-likeness (QED) is 0.882. The first-order valence-corrected chi connectivity index (χ1v) is 5.32. The lowest BCUT2D eigenvalue weighted by atomic mass is 10.00. The molecule has 0 aliphatic carbocycles. The molecule has 18 heavy (non-hydrogen) atoms. The first-order valence-electron chi connectivity index (χ1n) is 5.32. The Labute approximate surface area is 105 Å². The maximum Gasteiger partial charge on any atom is 0.294 e. The molecule has 6 heteroatoms. The zero-order valence-electron chi connectivity index (χ0n) is 10.8. The second-order valence-electron chi connectivity index (χ2n) is 3.82. The predicted molar refractivity (Wildman–Crippen MR) is 63.6 cm³/mol. The summed E-state index contributed by atoms with van der Waals surface area (Å²) in [6.07, 6.45) is 0. The lowest BCUT2D eigenvalue weighted by molar-refractivity contribution is -0.0295. The molecule has 4 nitrogen and oxygen atoms in total. The van der Waals surface area contributed by atoms with E-state index in [1.165, 1.54) is 40.4 Å². The lowest BCUT2D eigenvalue weighted by Gasteiger charge is -2.25. The Bertz CT molecular complexity index is 397. The van der Waals surface area contributed by atoms with Crippen LogP contribution in [-0.2, 0) is 5.92 Å². The molecule has 0 aliphatic rings. The average molecular weight is 261 g/mol. The summed E-state index contributed by atoms with van der Waals surface area (Å²) in [6, 6.07) is 1.37. The minimum Gasteiger partial charge on any atom is -0.496 e. The summed E-state index contributed by atoms with van der Waals surface area (Å²) in [7, 11) is 4.03. The van der Waals surface area contributed by atoms with Gasteiger partial charge in [0.2, 0.25) is 0 Å². The smallest absolute Gasteiger partial charge is 0.294 e. The van der Waals surface area contributed by atoms with Crippen molar-refractivity contribution in [1.82, 2.24) is 0 Å². The molecule has 0 fully saturated rings. The normalized spacial score (nSPS) is 13.1. The van der Waals surface area contributed by atoms with E-state index in [2.05, 4.69) is 0 Å². The number of benzene rings is 1. The van der Waals surface area contributed by atoms with Crippen molar-refractivity contribution in [2.45, 2.75) is 18.9 Å². The number of rotatable bonds is 5. The molecule has 0 aromatic heterocycles. The fourth-order valence-electron chi connectivity index (χ4n) is 1.56. The van der Waals surface area contributed by atoms with E-state index >= 15 is 0 Å². The van der Waals surface area contributed by atoms with Gasteiger partial charge in [-0.15, -0.1) is 0 Å². The first kappa shape index (κ1) is 14.5. The van der Waals surface area contributed by atoms with Crippen molar-refractivity contribution in [3.8, 4) is 17.2 Å². The van der Waals surface area contributed by atoms with Gasteiger partial charge in [-0.2, -0.15) is 8.78 Å². The van der Waals surface area contributed by atoms with Crippen molar-refractivity contribution in [2.75, 3.05) is 21.3 Å². The molecule has 1 atom stereocenters. The number of ether oxygens (including phenoxy) is 3. The van der Waals surface area contributed by atoms with Crippen LogP contribution in [0.1, 0.15) is 12.5 Å². The van der Waals surface area contributed by atoms with Crippen molar-refractivity contribution in [3.63, 3.8) is 0 Å². The van der Waals surface area contributed by atoms with Gasteiger partial charge in [-0.05, 0) is 6.92 Å². The van der Waals surface area contributed by atoms with Gasteiger partial charge in [0.15, 0.2) is 0 Å². The highest BCUT2D eigenvalue weighted by Gasteiger charge is 2.42. The number of hydrogen-bond donors (Lipinski definition) is 1. The Balaban J connectivity index is 3.49. The molecule has 0 amide bonds. The number of halogens is 2. The monoisotopic (exact) mass is 261 g/mol. The van der Waals surface area contributed by atoms with E-state index in [1.54, 1.807) is 0 Å². The van der Waals surface area contributed by atoms with Gasteiger partial charge in [-0.1, -0.05) is 0 Å². The van der Waals surface area contributed by atoms with Gasteiger partial charge in [0.25, 0.3) is 5.92 Å². The molecule has 0 spiro atoms. The van der Waals surface area contributed by atoms with E-state index in [-0.39, 0.29) is 17.1 Å². The molecule has 2 N–H and O–H groups in total. The Morgan fingerprint density at radius 2 is 1.50 bits per heavy atom. The zero-order chi connectivity index (χ0) is 13.9. The van der Waals surface area contributed by atoms with Crippen LogP contribution in [0.15, 0.2) is 12.1 Å². The van der Waals surface area contributed by atoms with Crippen LogP contribution in [0, 0.1) is 0 Å². The second kappa shape index (κ2) is 5.39. The summed E-state index contributed by atoms with van der Waals surface area (Å²) in [5.74, 6) is -2.93. The van der Waals surface area contributed by atoms with Crippen molar-refractivity contribution >= 4 is 0 Å².